The number of halogens is 1. The van der Waals surface area contributed by atoms with Crippen LogP contribution in [0.2, 0.25) is 5.02 Å². The molecule has 2 aromatic carbocycles. The molecule has 1 aromatic heterocycles. The minimum absolute atomic E-state index is 0.0425. The molecule has 3 aromatic rings. The zero-order chi connectivity index (χ0) is 28.4. The molecule has 1 saturated heterocycles. The molecule has 1 aliphatic heterocycles. The Morgan fingerprint density at radius 2 is 1.77 bits per heavy atom. The Bertz CT molecular complexity index is 1450. The van der Waals surface area contributed by atoms with E-state index in [9.17, 15) is 14.9 Å². The second-order valence-electron chi connectivity index (χ2n) is 10.7. The van der Waals surface area contributed by atoms with Gasteiger partial charge in [0.25, 0.3) is 5.91 Å². The van der Waals surface area contributed by atoms with Gasteiger partial charge < -0.3 is 19.5 Å². The van der Waals surface area contributed by atoms with Gasteiger partial charge in [-0.05, 0) is 70.9 Å². The van der Waals surface area contributed by atoms with Crippen molar-refractivity contribution in [2.45, 2.75) is 57.8 Å². The number of esters is 1. The summed E-state index contributed by atoms with van der Waals surface area (Å²) in [5.74, 6) is -0.212. The molecule has 2 heterocycles. The van der Waals surface area contributed by atoms with E-state index in [2.05, 4.69) is 16.4 Å². The minimum Gasteiger partial charge on any atom is -0.465 e. The summed E-state index contributed by atoms with van der Waals surface area (Å²) in [5, 5.41) is 13.3. The Kier molecular flexibility index (Phi) is 7.96. The first kappa shape index (κ1) is 28.1. The molecule has 8 nitrogen and oxygen atoms in total. The van der Waals surface area contributed by atoms with Crippen LogP contribution >= 0.6 is 11.6 Å². The first-order chi connectivity index (χ1) is 18.4. The predicted molar refractivity (Wildman–Crippen MR) is 147 cm³/mol. The Hall–Kier alpha value is -3.93. The Balaban J connectivity index is 1.55. The Morgan fingerprint density at radius 1 is 1.05 bits per heavy atom. The van der Waals surface area contributed by atoms with Crippen LogP contribution in [0.1, 0.15) is 66.8 Å². The van der Waals surface area contributed by atoms with Gasteiger partial charge in [0.05, 0.1) is 28.9 Å². The lowest BCUT2D eigenvalue weighted by Crippen LogP contribution is -2.52. The number of hydrogen-bond donors (Lipinski definition) is 1. The maximum Gasteiger partial charge on any atom is 0.339 e. The molecule has 0 saturated carbocycles. The molecular formula is C30H30ClN3O5. The molecule has 39 heavy (non-hydrogen) atoms. The number of pyridine rings is 1. The molecule has 0 radical (unpaired) electrons. The molecule has 202 valence electrons. The number of nitriles is 1. The number of carbonyl (C=O) groups excluding carboxylic acids is 2. The van der Waals surface area contributed by atoms with Gasteiger partial charge in [0, 0.05) is 35.1 Å². The Labute approximate surface area is 232 Å². The van der Waals surface area contributed by atoms with E-state index >= 15 is 0 Å². The van der Waals surface area contributed by atoms with Gasteiger partial charge in [-0.3, -0.25) is 9.78 Å². The lowest BCUT2D eigenvalue weighted by atomic mass is 9.85. The average molecular weight is 548 g/mol. The molecule has 0 unspecified atom stereocenters. The van der Waals surface area contributed by atoms with Gasteiger partial charge in [0.15, 0.2) is 0 Å². The zero-order valence-electron chi connectivity index (χ0n) is 22.5. The van der Waals surface area contributed by atoms with Crippen molar-refractivity contribution in [2.75, 3.05) is 7.11 Å². The highest BCUT2D eigenvalue weighted by Crippen LogP contribution is 2.37. The van der Waals surface area contributed by atoms with Crippen LogP contribution in [-0.4, -0.2) is 41.2 Å². The van der Waals surface area contributed by atoms with Gasteiger partial charge in [-0.1, -0.05) is 23.7 Å². The summed E-state index contributed by atoms with van der Waals surface area (Å²) in [6.07, 6.45) is 4.33. The van der Waals surface area contributed by atoms with Gasteiger partial charge in [0.2, 0.25) is 0 Å². The van der Waals surface area contributed by atoms with E-state index in [0.717, 1.165) is 0 Å². The molecule has 1 fully saturated rings. The number of aromatic nitrogens is 1. The molecule has 4 rings (SSSR count). The third-order valence-corrected chi connectivity index (χ3v) is 6.68. The van der Waals surface area contributed by atoms with Crippen LogP contribution in [-0.2, 0) is 9.47 Å². The van der Waals surface area contributed by atoms with Crippen molar-refractivity contribution in [3.63, 3.8) is 0 Å². The van der Waals surface area contributed by atoms with E-state index in [0.29, 0.717) is 29.5 Å². The highest BCUT2D eigenvalue weighted by Gasteiger charge is 2.39. The predicted octanol–water partition coefficient (Wildman–Crippen LogP) is 6.32. The number of nitrogens with one attached hydrogen (secondary N) is 1. The van der Waals surface area contributed by atoms with Crippen LogP contribution in [0.3, 0.4) is 0 Å². The maximum absolute atomic E-state index is 13.0. The molecular weight excluding hydrogens is 518 g/mol. The quantitative estimate of drug-likeness (QED) is 0.359. The van der Waals surface area contributed by atoms with E-state index in [1.165, 1.54) is 13.3 Å². The van der Waals surface area contributed by atoms with Crippen molar-refractivity contribution in [1.82, 2.24) is 10.3 Å². The standard InChI is InChI=1S/C30H30ClN3O5/c1-29(2)13-21(14-30(3,4)39-29)34-27(35)18-9-10-26(24(31)12-18)38-25-8-6-7-22(23(25)15-32)19-11-20(17-33-16-19)28(36)37-5/h6-12,16-17,21H,13-14H2,1-5H3,(H,34,35). The van der Waals surface area contributed by atoms with Gasteiger partial charge in [-0.15, -0.1) is 0 Å². The second kappa shape index (κ2) is 11.0. The summed E-state index contributed by atoms with van der Waals surface area (Å²) in [6, 6.07) is 13.6. The van der Waals surface area contributed by atoms with Crippen molar-refractivity contribution in [1.29, 1.82) is 5.26 Å². The summed E-state index contributed by atoms with van der Waals surface area (Å²) in [5.41, 5.74) is 1.28. The van der Waals surface area contributed by atoms with Crippen LogP contribution in [0.5, 0.6) is 11.5 Å². The van der Waals surface area contributed by atoms with E-state index in [4.69, 9.17) is 25.8 Å². The summed E-state index contributed by atoms with van der Waals surface area (Å²) in [7, 11) is 1.29. The van der Waals surface area contributed by atoms with Crippen molar-refractivity contribution >= 4 is 23.5 Å². The van der Waals surface area contributed by atoms with Crippen molar-refractivity contribution < 1.29 is 23.8 Å². The summed E-state index contributed by atoms with van der Waals surface area (Å²) >= 11 is 6.51. The minimum atomic E-state index is -0.532. The largest absolute Gasteiger partial charge is 0.465 e. The number of amides is 1. The highest BCUT2D eigenvalue weighted by atomic mass is 35.5. The highest BCUT2D eigenvalue weighted by molar-refractivity contribution is 6.32. The van der Waals surface area contributed by atoms with E-state index in [1.807, 2.05) is 27.7 Å². The molecule has 1 amide bonds. The molecule has 9 heteroatoms. The van der Waals surface area contributed by atoms with Crippen LogP contribution < -0.4 is 10.1 Å². The van der Waals surface area contributed by atoms with E-state index in [1.54, 1.807) is 48.7 Å². The van der Waals surface area contributed by atoms with Crippen molar-refractivity contribution in [3.05, 3.63) is 76.6 Å². The number of rotatable bonds is 6. The summed E-state index contributed by atoms with van der Waals surface area (Å²) in [6.45, 7) is 8.08. The van der Waals surface area contributed by atoms with Crippen LogP contribution in [0.4, 0.5) is 0 Å². The number of carbonyl (C=O) groups is 2. The topological polar surface area (TPSA) is 111 Å². The van der Waals surface area contributed by atoms with Crippen LogP contribution in [0.25, 0.3) is 11.1 Å². The van der Waals surface area contributed by atoms with Gasteiger partial charge in [0.1, 0.15) is 23.1 Å². The molecule has 1 N–H and O–H groups in total. The lowest BCUT2D eigenvalue weighted by Gasteiger charge is -2.45. The van der Waals surface area contributed by atoms with Gasteiger partial charge >= 0.3 is 5.97 Å². The number of nitrogens with zero attached hydrogens (tertiary/aromatic N) is 2. The Morgan fingerprint density at radius 3 is 2.41 bits per heavy atom. The third-order valence-electron chi connectivity index (χ3n) is 6.39. The van der Waals surface area contributed by atoms with Crippen LogP contribution in [0, 0.1) is 11.3 Å². The fraction of sp³-hybridized carbons (Fsp3) is 0.333. The maximum atomic E-state index is 13.0. The fourth-order valence-corrected chi connectivity index (χ4v) is 5.31. The SMILES string of the molecule is COC(=O)c1cncc(-c2cccc(Oc3ccc(C(=O)NC4CC(C)(C)OC(C)(C)C4)cc3Cl)c2C#N)c1. The molecule has 0 atom stereocenters. The van der Waals surface area contributed by atoms with Gasteiger partial charge in [-0.25, -0.2) is 4.79 Å². The first-order valence-corrected chi connectivity index (χ1v) is 12.8. The first-order valence-electron chi connectivity index (χ1n) is 12.5. The second-order valence-corrected chi connectivity index (χ2v) is 11.1. The lowest BCUT2D eigenvalue weighted by molar-refractivity contribution is -0.162. The van der Waals surface area contributed by atoms with E-state index in [-0.39, 0.29) is 50.8 Å². The molecule has 0 spiro atoms. The van der Waals surface area contributed by atoms with Crippen LogP contribution in [0.15, 0.2) is 54.9 Å². The number of hydrogen-bond acceptors (Lipinski definition) is 7. The average Bonchev–Trinajstić information content (AvgIpc) is 2.87. The van der Waals surface area contributed by atoms with Gasteiger partial charge in [-0.2, -0.15) is 5.26 Å². The molecule has 1 aliphatic rings. The number of methoxy groups -OCH3 is 1. The van der Waals surface area contributed by atoms with E-state index < -0.39 is 5.97 Å². The summed E-state index contributed by atoms with van der Waals surface area (Å²) in [4.78, 5) is 29.1. The number of benzene rings is 2. The van der Waals surface area contributed by atoms with Crippen molar-refractivity contribution in [2.24, 2.45) is 0 Å². The zero-order valence-corrected chi connectivity index (χ0v) is 23.3. The molecule has 0 bridgehead atoms. The number of ether oxygens (including phenoxy) is 3. The fourth-order valence-electron chi connectivity index (χ4n) is 5.09. The molecule has 0 aliphatic carbocycles. The monoisotopic (exact) mass is 547 g/mol. The third kappa shape index (κ3) is 6.56. The normalized spacial score (nSPS) is 16.1. The van der Waals surface area contributed by atoms with Crippen molar-refractivity contribution in [3.8, 4) is 28.7 Å². The smallest absolute Gasteiger partial charge is 0.339 e. The summed E-state index contributed by atoms with van der Waals surface area (Å²) < 4.78 is 16.9.